The summed E-state index contributed by atoms with van der Waals surface area (Å²) < 4.78 is 5.02. The van der Waals surface area contributed by atoms with Crippen molar-refractivity contribution in [1.29, 1.82) is 0 Å². The molecule has 1 rings (SSSR count). The number of rotatable bonds is 5. The third kappa shape index (κ3) is 4.07. The minimum absolute atomic E-state index is 0.931. The minimum Gasteiger partial charge on any atom is -0.385 e. The first-order valence-corrected chi connectivity index (χ1v) is 5.13. The Morgan fingerprint density at radius 2 is 2.33 bits per heavy atom. The fourth-order valence-electron chi connectivity index (χ4n) is 1.85. The topological polar surface area (TPSA) is 21.3 Å². The lowest BCUT2D eigenvalue weighted by atomic mass is 9.94. The Kier molecular flexibility index (Phi) is 5.37. The summed E-state index contributed by atoms with van der Waals surface area (Å²) in [5.41, 5.74) is 0. The quantitative estimate of drug-likeness (QED) is 0.637. The molecule has 1 aliphatic heterocycles. The zero-order chi connectivity index (χ0) is 8.65. The SMILES string of the molecule is COCCCCC1CCCNC1. The highest BCUT2D eigenvalue weighted by molar-refractivity contribution is 4.68. The Bertz CT molecular complexity index is 100. The van der Waals surface area contributed by atoms with Crippen molar-refractivity contribution in [3.8, 4) is 0 Å². The Morgan fingerprint density at radius 3 is 3.00 bits per heavy atom. The second-order valence-corrected chi connectivity index (χ2v) is 3.70. The van der Waals surface area contributed by atoms with Crippen LogP contribution in [0, 0.1) is 5.92 Å². The largest absolute Gasteiger partial charge is 0.385 e. The maximum atomic E-state index is 5.02. The number of ether oxygens (including phenoxy) is 1. The third-order valence-electron chi connectivity index (χ3n) is 2.61. The van der Waals surface area contributed by atoms with Gasteiger partial charge in [-0.15, -0.1) is 0 Å². The van der Waals surface area contributed by atoms with Gasteiger partial charge in [0.15, 0.2) is 0 Å². The van der Waals surface area contributed by atoms with Crippen molar-refractivity contribution in [2.75, 3.05) is 26.8 Å². The molecule has 0 aromatic rings. The van der Waals surface area contributed by atoms with Gasteiger partial charge in [-0.1, -0.05) is 6.42 Å². The van der Waals surface area contributed by atoms with Crippen LogP contribution in [-0.2, 0) is 4.74 Å². The van der Waals surface area contributed by atoms with Gasteiger partial charge < -0.3 is 10.1 Å². The summed E-state index contributed by atoms with van der Waals surface area (Å²) in [6, 6.07) is 0. The van der Waals surface area contributed by atoms with E-state index >= 15 is 0 Å². The summed E-state index contributed by atoms with van der Waals surface area (Å²) in [4.78, 5) is 0. The van der Waals surface area contributed by atoms with Gasteiger partial charge in [-0.05, 0) is 44.7 Å². The first kappa shape index (κ1) is 10.0. The van der Waals surface area contributed by atoms with E-state index in [2.05, 4.69) is 5.32 Å². The predicted molar refractivity (Wildman–Crippen MR) is 51.3 cm³/mol. The molecule has 1 fully saturated rings. The Hall–Kier alpha value is -0.0800. The first-order chi connectivity index (χ1) is 5.93. The van der Waals surface area contributed by atoms with E-state index in [1.807, 2.05) is 0 Å². The highest BCUT2D eigenvalue weighted by Crippen LogP contribution is 2.16. The van der Waals surface area contributed by atoms with Crippen LogP contribution < -0.4 is 5.32 Å². The summed E-state index contributed by atoms with van der Waals surface area (Å²) in [6.45, 7) is 3.40. The van der Waals surface area contributed by atoms with Crippen molar-refractivity contribution in [2.24, 2.45) is 5.92 Å². The van der Waals surface area contributed by atoms with E-state index in [4.69, 9.17) is 4.74 Å². The first-order valence-electron chi connectivity index (χ1n) is 5.13. The van der Waals surface area contributed by atoms with Crippen molar-refractivity contribution in [3.05, 3.63) is 0 Å². The molecule has 1 saturated heterocycles. The number of hydrogen-bond acceptors (Lipinski definition) is 2. The van der Waals surface area contributed by atoms with Gasteiger partial charge in [0.25, 0.3) is 0 Å². The molecule has 1 heterocycles. The molecule has 0 bridgehead atoms. The van der Waals surface area contributed by atoms with E-state index < -0.39 is 0 Å². The monoisotopic (exact) mass is 171 g/mol. The molecule has 0 saturated carbocycles. The molecule has 2 nitrogen and oxygen atoms in total. The van der Waals surface area contributed by atoms with E-state index in [-0.39, 0.29) is 0 Å². The molecule has 0 amide bonds. The molecule has 1 N–H and O–H groups in total. The van der Waals surface area contributed by atoms with Crippen LogP contribution in [0.1, 0.15) is 32.1 Å². The fourth-order valence-corrected chi connectivity index (χ4v) is 1.85. The molecule has 0 aromatic carbocycles. The van der Waals surface area contributed by atoms with Crippen molar-refractivity contribution in [3.63, 3.8) is 0 Å². The fraction of sp³-hybridized carbons (Fsp3) is 1.00. The van der Waals surface area contributed by atoms with E-state index in [0.717, 1.165) is 12.5 Å². The lowest BCUT2D eigenvalue weighted by Gasteiger charge is -2.22. The summed E-state index contributed by atoms with van der Waals surface area (Å²) in [5.74, 6) is 0.940. The summed E-state index contributed by atoms with van der Waals surface area (Å²) in [5, 5.41) is 3.44. The average molecular weight is 171 g/mol. The molecule has 0 spiro atoms. The zero-order valence-corrected chi connectivity index (χ0v) is 8.14. The Labute approximate surface area is 75.7 Å². The summed E-state index contributed by atoms with van der Waals surface area (Å²) in [7, 11) is 1.78. The van der Waals surface area contributed by atoms with Crippen LogP contribution in [0.15, 0.2) is 0 Å². The van der Waals surface area contributed by atoms with Crippen molar-refractivity contribution in [2.45, 2.75) is 32.1 Å². The molecule has 1 unspecified atom stereocenters. The highest BCUT2D eigenvalue weighted by atomic mass is 16.5. The van der Waals surface area contributed by atoms with E-state index in [1.54, 1.807) is 7.11 Å². The molecule has 0 aromatic heterocycles. The molecule has 0 aliphatic carbocycles. The van der Waals surface area contributed by atoms with Gasteiger partial charge in [0.05, 0.1) is 0 Å². The number of unbranched alkanes of at least 4 members (excludes halogenated alkanes) is 1. The number of hydrogen-bond donors (Lipinski definition) is 1. The van der Waals surface area contributed by atoms with Crippen molar-refractivity contribution < 1.29 is 4.74 Å². The normalized spacial score (nSPS) is 24.2. The smallest absolute Gasteiger partial charge is 0.0462 e. The second-order valence-electron chi connectivity index (χ2n) is 3.70. The maximum absolute atomic E-state index is 5.02. The number of piperidine rings is 1. The number of methoxy groups -OCH3 is 1. The van der Waals surface area contributed by atoms with Gasteiger partial charge in [0.1, 0.15) is 0 Å². The van der Waals surface area contributed by atoms with Crippen LogP contribution in [-0.4, -0.2) is 26.8 Å². The average Bonchev–Trinajstić information content (AvgIpc) is 2.14. The van der Waals surface area contributed by atoms with E-state index in [9.17, 15) is 0 Å². The molecular weight excluding hydrogens is 150 g/mol. The standard InChI is InChI=1S/C10H21NO/c1-12-8-3-2-5-10-6-4-7-11-9-10/h10-11H,2-9H2,1H3. The van der Waals surface area contributed by atoms with Crippen LogP contribution in [0.3, 0.4) is 0 Å². The summed E-state index contributed by atoms with van der Waals surface area (Å²) in [6.07, 6.45) is 6.75. The second kappa shape index (κ2) is 6.44. The number of nitrogens with one attached hydrogen (secondary N) is 1. The molecule has 72 valence electrons. The molecule has 2 heteroatoms. The zero-order valence-electron chi connectivity index (χ0n) is 8.14. The lowest BCUT2D eigenvalue weighted by Crippen LogP contribution is -2.29. The van der Waals surface area contributed by atoms with Gasteiger partial charge in [-0.3, -0.25) is 0 Å². The van der Waals surface area contributed by atoms with Crippen molar-refractivity contribution in [1.82, 2.24) is 5.32 Å². The van der Waals surface area contributed by atoms with Crippen LogP contribution in [0.5, 0.6) is 0 Å². The van der Waals surface area contributed by atoms with Crippen LogP contribution in [0.2, 0.25) is 0 Å². The van der Waals surface area contributed by atoms with Crippen LogP contribution in [0.25, 0.3) is 0 Å². The summed E-state index contributed by atoms with van der Waals surface area (Å²) >= 11 is 0. The van der Waals surface area contributed by atoms with E-state index in [1.165, 1.54) is 45.2 Å². The van der Waals surface area contributed by atoms with Gasteiger partial charge >= 0.3 is 0 Å². The van der Waals surface area contributed by atoms with Crippen LogP contribution in [0.4, 0.5) is 0 Å². The molecule has 1 aliphatic rings. The van der Waals surface area contributed by atoms with E-state index in [0.29, 0.717) is 0 Å². The maximum Gasteiger partial charge on any atom is 0.0462 e. The lowest BCUT2D eigenvalue weighted by molar-refractivity contribution is 0.189. The highest BCUT2D eigenvalue weighted by Gasteiger charge is 2.11. The third-order valence-corrected chi connectivity index (χ3v) is 2.61. The molecule has 1 atom stereocenters. The Morgan fingerprint density at radius 1 is 1.42 bits per heavy atom. The van der Waals surface area contributed by atoms with Gasteiger partial charge in [0.2, 0.25) is 0 Å². The molecular formula is C10H21NO. The van der Waals surface area contributed by atoms with Gasteiger partial charge in [-0.25, -0.2) is 0 Å². The van der Waals surface area contributed by atoms with Crippen molar-refractivity contribution >= 4 is 0 Å². The Balaban J connectivity index is 1.91. The predicted octanol–water partition coefficient (Wildman–Crippen LogP) is 1.80. The van der Waals surface area contributed by atoms with Gasteiger partial charge in [-0.2, -0.15) is 0 Å². The minimum atomic E-state index is 0.931. The van der Waals surface area contributed by atoms with Crippen LogP contribution >= 0.6 is 0 Å². The molecule has 12 heavy (non-hydrogen) atoms. The van der Waals surface area contributed by atoms with Gasteiger partial charge in [0, 0.05) is 13.7 Å². The molecule has 0 radical (unpaired) electrons.